The number of nitrogens with zero attached hydrogens (tertiary/aromatic N) is 1. The van der Waals surface area contributed by atoms with Gasteiger partial charge in [0, 0.05) is 19.2 Å². The van der Waals surface area contributed by atoms with E-state index in [9.17, 15) is 8.78 Å². The quantitative estimate of drug-likeness (QED) is 0.702. The highest BCUT2D eigenvalue weighted by molar-refractivity contribution is 5.85. The number of hydrogen-bond donors (Lipinski definition) is 0. The van der Waals surface area contributed by atoms with Gasteiger partial charge in [-0.05, 0) is 25.0 Å². The molecule has 1 aromatic rings. The van der Waals surface area contributed by atoms with Crippen LogP contribution >= 0.6 is 12.4 Å². The first-order valence-corrected chi connectivity index (χ1v) is 4.47. The Morgan fingerprint density at radius 3 is 2.36 bits per heavy atom. The SMILES string of the molecule is Cl.Fc1ccc(F)c(N2CCCC2)c1. The molecule has 1 heterocycles. The topological polar surface area (TPSA) is 3.24 Å². The maximum absolute atomic E-state index is 13.2. The van der Waals surface area contributed by atoms with E-state index in [2.05, 4.69) is 0 Å². The van der Waals surface area contributed by atoms with Crippen LogP contribution in [-0.4, -0.2) is 13.1 Å². The molecule has 14 heavy (non-hydrogen) atoms. The fourth-order valence-corrected chi connectivity index (χ4v) is 1.69. The summed E-state index contributed by atoms with van der Waals surface area (Å²) >= 11 is 0. The maximum atomic E-state index is 13.2. The van der Waals surface area contributed by atoms with Gasteiger partial charge in [0.15, 0.2) is 0 Å². The molecule has 1 aromatic carbocycles. The second kappa shape index (κ2) is 4.60. The first-order valence-electron chi connectivity index (χ1n) is 4.47. The number of hydrogen-bond acceptors (Lipinski definition) is 1. The van der Waals surface area contributed by atoms with Gasteiger partial charge in [0.2, 0.25) is 0 Å². The molecule has 0 amide bonds. The molecule has 0 bridgehead atoms. The minimum absolute atomic E-state index is 0. The molecule has 1 aliphatic rings. The summed E-state index contributed by atoms with van der Waals surface area (Å²) in [6.45, 7) is 1.67. The number of anilines is 1. The van der Waals surface area contributed by atoms with E-state index in [4.69, 9.17) is 0 Å². The fourth-order valence-electron chi connectivity index (χ4n) is 1.69. The van der Waals surface area contributed by atoms with Gasteiger partial charge in [0.25, 0.3) is 0 Å². The molecule has 1 fully saturated rings. The minimum atomic E-state index is -0.372. The Bertz CT molecular complexity index is 311. The van der Waals surface area contributed by atoms with Crippen LogP contribution < -0.4 is 4.90 Å². The normalized spacial score (nSPS) is 15.4. The molecule has 78 valence electrons. The Morgan fingerprint density at radius 2 is 1.71 bits per heavy atom. The summed E-state index contributed by atoms with van der Waals surface area (Å²) in [6, 6.07) is 3.60. The van der Waals surface area contributed by atoms with Gasteiger partial charge >= 0.3 is 0 Å². The highest BCUT2D eigenvalue weighted by Crippen LogP contribution is 2.23. The van der Waals surface area contributed by atoms with Gasteiger partial charge in [0.05, 0.1) is 5.69 Å². The molecule has 4 heteroatoms. The molecule has 0 unspecified atom stereocenters. The van der Waals surface area contributed by atoms with E-state index in [0.717, 1.165) is 32.0 Å². The Kier molecular flexibility index (Phi) is 3.69. The zero-order valence-corrected chi connectivity index (χ0v) is 8.49. The van der Waals surface area contributed by atoms with Crippen molar-refractivity contribution in [2.75, 3.05) is 18.0 Å². The van der Waals surface area contributed by atoms with Crippen LogP contribution in [0.1, 0.15) is 12.8 Å². The Labute approximate surface area is 88.1 Å². The first-order chi connectivity index (χ1) is 6.27. The molecule has 0 radical (unpaired) electrons. The summed E-state index contributed by atoms with van der Waals surface area (Å²) in [4.78, 5) is 1.89. The van der Waals surface area contributed by atoms with Crippen LogP contribution in [0.15, 0.2) is 18.2 Å². The largest absolute Gasteiger partial charge is 0.369 e. The molecule has 0 saturated carbocycles. The predicted octanol–water partition coefficient (Wildman–Crippen LogP) is 2.99. The van der Waals surface area contributed by atoms with Crippen LogP contribution in [0.2, 0.25) is 0 Å². The lowest BCUT2D eigenvalue weighted by Gasteiger charge is -2.17. The lowest BCUT2D eigenvalue weighted by molar-refractivity contribution is 0.597. The third-order valence-corrected chi connectivity index (χ3v) is 2.35. The van der Waals surface area contributed by atoms with Gasteiger partial charge in [-0.1, -0.05) is 0 Å². The molecule has 0 aromatic heterocycles. The van der Waals surface area contributed by atoms with Crippen LogP contribution in [0.4, 0.5) is 14.5 Å². The monoisotopic (exact) mass is 219 g/mol. The predicted molar refractivity (Wildman–Crippen MR) is 55.1 cm³/mol. The summed E-state index contributed by atoms with van der Waals surface area (Å²) in [7, 11) is 0. The lowest BCUT2D eigenvalue weighted by Crippen LogP contribution is -2.19. The third-order valence-electron chi connectivity index (χ3n) is 2.35. The molecule has 0 spiro atoms. The molecular weight excluding hydrogens is 208 g/mol. The molecule has 2 rings (SSSR count). The van der Waals surface area contributed by atoms with Gasteiger partial charge in [-0.25, -0.2) is 8.78 Å². The molecule has 1 saturated heterocycles. The highest BCUT2D eigenvalue weighted by atomic mass is 35.5. The summed E-state index contributed by atoms with van der Waals surface area (Å²) in [5.74, 6) is -0.702. The van der Waals surface area contributed by atoms with E-state index in [1.54, 1.807) is 0 Å². The van der Waals surface area contributed by atoms with Crippen LogP contribution in [-0.2, 0) is 0 Å². The van der Waals surface area contributed by atoms with Crippen molar-refractivity contribution in [1.82, 2.24) is 0 Å². The molecule has 0 atom stereocenters. The number of rotatable bonds is 1. The second-order valence-electron chi connectivity index (χ2n) is 3.29. The van der Waals surface area contributed by atoms with Gasteiger partial charge in [-0.2, -0.15) is 0 Å². The molecule has 1 aliphatic heterocycles. The van der Waals surface area contributed by atoms with Gasteiger partial charge in [0.1, 0.15) is 11.6 Å². The molecular formula is C10H12ClF2N. The maximum Gasteiger partial charge on any atom is 0.146 e. The fraction of sp³-hybridized carbons (Fsp3) is 0.400. The molecule has 1 nitrogen and oxygen atoms in total. The van der Waals surface area contributed by atoms with Crippen molar-refractivity contribution >= 4 is 18.1 Å². The van der Waals surface area contributed by atoms with Crippen molar-refractivity contribution in [3.63, 3.8) is 0 Å². The van der Waals surface area contributed by atoms with Crippen molar-refractivity contribution < 1.29 is 8.78 Å². The summed E-state index contributed by atoms with van der Waals surface area (Å²) in [5, 5.41) is 0. The first kappa shape index (κ1) is 11.2. The van der Waals surface area contributed by atoms with E-state index < -0.39 is 0 Å². The van der Waals surface area contributed by atoms with E-state index in [0.29, 0.717) is 5.69 Å². The van der Waals surface area contributed by atoms with Crippen molar-refractivity contribution in [1.29, 1.82) is 0 Å². The van der Waals surface area contributed by atoms with Crippen molar-refractivity contribution in [3.05, 3.63) is 29.8 Å². The van der Waals surface area contributed by atoms with Gasteiger partial charge in [-0.3, -0.25) is 0 Å². The summed E-state index contributed by atoms with van der Waals surface area (Å²) in [5.41, 5.74) is 0.400. The second-order valence-corrected chi connectivity index (χ2v) is 3.29. The van der Waals surface area contributed by atoms with Crippen LogP contribution in [0.5, 0.6) is 0 Å². The standard InChI is InChI=1S/C10H11F2N.ClH/c11-8-3-4-9(12)10(7-8)13-5-1-2-6-13;/h3-4,7H,1-2,5-6H2;1H. The summed E-state index contributed by atoms with van der Waals surface area (Å²) < 4.78 is 26.0. The minimum Gasteiger partial charge on any atom is -0.369 e. The van der Waals surface area contributed by atoms with Crippen molar-refractivity contribution in [3.8, 4) is 0 Å². The Balaban J connectivity index is 0.000000980. The average Bonchev–Trinajstić information content (AvgIpc) is 2.61. The van der Waals surface area contributed by atoms with Gasteiger partial charge in [-0.15, -0.1) is 12.4 Å². The van der Waals surface area contributed by atoms with Gasteiger partial charge < -0.3 is 4.90 Å². The zero-order chi connectivity index (χ0) is 9.26. The van der Waals surface area contributed by atoms with E-state index in [1.807, 2.05) is 4.90 Å². The Morgan fingerprint density at radius 1 is 1.07 bits per heavy atom. The summed E-state index contributed by atoms with van der Waals surface area (Å²) in [6.07, 6.45) is 2.13. The highest BCUT2D eigenvalue weighted by Gasteiger charge is 2.16. The van der Waals surface area contributed by atoms with Crippen LogP contribution in [0, 0.1) is 11.6 Å². The molecule has 0 aliphatic carbocycles. The van der Waals surface area contributed by atoms with Crippen LogP contribution in [0.25, 0.3) is 0 Å². The van der Waals surface area contributed by atoms with E-state index in [1.165, 1.54) is 12.1 Å². The Hall–Kier alpha value is -0.830. The smallest absolute Gasteiger partial charge is 0.146 e. The average molecular weight is 220 g/mol. The lowest BCUT2D eigenvalue weighted by atomic mass is 10.2. The van der Waals surface area contributed by atoms with Crippen LogP contribution in [0.3, 0.4) is 0 Å². The third kappa shape index (κ3) is 2.15. The number of benzene rings is 1. The van der Waals surface area contributed by atoms with E-state index >= 15 is 0 Å². The van der Waals surface area contributed by atoms with E-state index in [-0.39, 0.29) is 24.0 Å². The molecule has 0 N–H and O–H groups in total. The van der Waals surface area contributed by atoms with Crippen molar-refractivity contribution in [2.45, 2.75) is 12.8 Å². The number of halogens is 3. The van der Waals surface area contributed by atoms with Crippen molar-refractivity contribution in [2.24, 2.45) is 0 Å². The zero-order valence-electron chi connectivity index (χ0n) is 7.67.